The first-order chi connectivity index (χ1) is 41.1. The second-order valence-electron chi connectivity index (χ2n) is 19.3. The van der Waals surface area contributed by atoms with E-state index in [-0.39, 0.29) is 95.1 Å². The van der Waals surface area contributed by atoms with E-state index in [1.54, 1.807) is 62.1 Å². The van der Waals surface area contributed by atoms with Crippen LogP contribution in [-0.2, 0) is 22.3 Å². The van der Waals surface area contributed by atoms with Crippen LogP contribution in [0.15, 0.2) is 137 Å². The summed E-state index contributed by atoms with van der Waals surface area (Å²) in [5, 5.41) is 17.9. The van der Waals surface area contributed by atoms with Crippen molar-refractivity contribution in [1.82, 2.24) is 19.1 Å². The molecule has 0 unspecified atom stereocenters. The second kappa shape index (κ2) is 33.0. The number of rotatable bonds is 22. The van der Waals surface area contributed by atoms with Crippen molar-refractivity contribution in [2.45, 2.75) is 73.2 Å². The van der Waals surface area contributed by atoms with Gasteiger partial charge >= 0.3 is 29.6 Å². The molecule has 448 valence electrons. The maximum absolute atomic E-state index is 15.0. The van der Waals surface area contributed by atoms with Crippen LogP contribution in [-0.4, -0.2) is 58.9 Å². The van der Waals surface area contributed by atoms with Gasteiger partial charge in [-0.3, -0.25) is 9.13 Å². The van der Waals surface area contributed by atoms with Crippen LogP contribution in [0.4, 0.5) is 26.3 Å². The third kappa shape index (κ3) is 18.3. The fourth-order valence-corrected chi connectivity index (χ4v) is 10.9. The minimum Gasteiger partial charge on any atom is -0.495 e. The van der Waals surface area contributed by atoms with E-state index in [0.717, 1.165) is 70.3 Å². The molecule has 0 fully saturated rings. The van der Waals surface area contributed by atoms with Crippen LogP contribution in [0.1, 0.15) is 74.2 Å². The van der Waals surface area contributed by atoms with Gasteiger partial charge in [0.2, 0.25) is 6.19 Å². The number of hydrogen-bond acceptors (Lipinski definition) is 12. The van der Waals surface area contributed by atoms with Gasteiger partial charge < -0.3 is 35.7 Å². The number of aromatic nitrogens is 4. The van der Waals surface area contributed by atoms with Crippen molar-refractivity contribution in [2.75, 3.05) is 34.0 Å². The van der Waals surface area contributed by atoms with Crippen LogP contribution < -0.4 is 60.0 Å². The quantitative estimate of drug-likeness (QED) is 0.00749. The van der Waals surface area contributed by atoms with Crippen LogP contribution in [0.3, 0.4) is 0 Å². The zero-order valence-electron chi connectivity index (χ0n) is 48.1. The van der Waals surface area contributed by atoms with Gasteiger partial charge in [0.05, 0.1) is 54.7 Å². The van der Waals surface area contributed by atoms with Gasteiger partial charge in [0, 0.05) is 82.1 Å². The van der Waals surface area contributed by atoms with E-state index in [1.807, 2.05) is 61.1 Å². The van der Waals surface area contributed by atoms with Crippen LogP contribution >= 0.6 is 46.7 Å². The molecule has 0 radical (unpaired) electrons. The Morgan fingerprint density at radius 2 is 1.07 bits per heavy atom. The Morgan fingerprint density at radius 1 is 0.667 bits per heavy atom. The third-order valence-corrected chi connectivity index (χ3v) is 15.7. The van der Waals surface area contributed by atoms with Crippen molar-refractivity contribution in [3.8, 4) is 46.8 Å². The van der Waals surface area contributed by atoms with Crippen LogP contribution in [0, 0.1) is 64.4 Å². The van der Waals surface area contributed by atoms with E-state index in [0.29, 0.717) is 56.1 Å². The fourth-order valence-electron chi connectivity index (χ4n) is 8.47. The number of nitriles is 2. The molecule has 0 amide bonds. The summed E-state index contributed by atoms with van der Waals surface area (Å²) in [6.45, 7) is 14.4. The summed E-state index contributed by atoms with van der Waals surface area (Å²) in [5.74, 6) is -2.51. The normalized spacial score (nSPS) is 11.1. The van der Waals surface area contributed by atoms with Crippen LogP contribution in [0.5, 0.6) is 23.0 Å². The molecule has 0 spiro atoms. The number of nitrogens with two attached hydrogens (primary N) is 2. The number of imidazole rings is 2. The summed E-state index contributed by atoms with van der Waals surface area (Å²) in [6, 6.07) is 27.4. The molecule has 0 aliphatic heterocycles. The van der Waals surface area contributed by atoms with Crippen LogP contribution in [0.2, 0.25) is 10.0 Å². The van der Waals surface area contributed by atoms with Crippen molar-refractivity contribution in [3.63, 3.8) is 0 Å². The molecule has 26 heteroatoms. The maximum atomic E-state index is 15.0. The SMILES string of the molecule is COc1cc(C(C)(C)c2cnc(SCc3c(F)cc(OCCCC(N)=NC#N)cc3F)n2-c2ccc(F)cc2)ccc1Cl.COc1cc(C(C)(C)c2cnc(SCc3c(F)cc(OCCN)cc3F)n2-c2ccc(F)cc2)ccc1Cl.[C-]#[N+][N-]C#N.[Na+]. The number of benzene rings is 6. The zero-order chi connectivity index (χ0) is 62.7. The number of methoxy groups -OCH3 is 2. The summed E-state index contributed by atoms with van der Waals surface area (Å²) in [7, 11) is 3.08. The minimum absolute atomic E-state index is 0. The predicted molar refractivity (Wildman–Crippen MR) is 321 cm³/mol. The summed E-state index contributed by atoms with van der Waals surface area (Å²) < 4.78 is 112. The second-order valence-corrected chi connectivity index (χ2v) is 22.0. The summed E-state index contributed by atoms with van der Waals surface area (Å²) in [5.41, 5.74) is 16.7. The molecule has 0 atom stereocenters. The Hall–Kier alpha value is -7.50. The molecule has 8 rings (SSSR count). The molecule has 0 aliphatic carbocycles. The van der Waals surface area contributed by atoms with E-state index in [2.05, 4.69) is 25.3 Å². The number of nitrogens with zero attached hydrogens (tertiary/aromatic N) is 9. The molecule has 0 saturated heterocycles. The molecule has 8 aromatic rings. The molecule has 0 bridgehead atoms. The largest absolute Gasteiger partial charge is 1.00 e. The number of hydrogen-bond donors (Lipinski definition) is 2. The Bertz CT molecular complexity index is 3740. The monoisotopic (exact) mass is 1280 g/mol. The number of amidine groups is 1. The number of thioether (sulfide) groups is 2. The van der Waals surface area contributed by atoms with Gasteiger partial charge in [-0.1, -0.05) is 92.0 Å². The molecule has 6 aromatic carbocycles. The minimum atomic E-state index is -0.762. The maximum Gasteiger partial charge on any atom is 1.00 e. The van der Waals surface area contributed by atoms with E-state index >= 15 is 8.78 Å². The average molecular weight is 1280 g/mol. The fraction of sp³-hybridized carbons (Fsp3) is 0.246. The van der Waals surface area contributed by atoms with Gasteiger partial charge in [-0.2, -0.15) is 10.3 Å². The molecule has 15 nitrogen and oxygen atoms in total. The van der Waals surface area contributed by atoms with Crippen molar-refractivity contribution >= 4 is 52.6 Å². The Labute approximate surface area is 540 Å². The molecule has 4 N–H and O–H groups in total. The van der Waals surface area contributed by atoms with Gasteiger partial charge in [-0.05, 0) is 96.5 Å². The van der Waals surface area contributed by atoms with Crippen molar-refractivity contribution in [3.05, 3.63) is 217 Å². The van der Waals surface area contributed by atoms with Crippen molar-refractivity contribution in [2.24, 2.45) is 16.5 Å². The van der Waals surface area contributed by atoms with E-state index in [4.69, 9.17) is 70.7 Å². The Balaban J connectivity index is 0.000000293. The first kappa shape index (κ1) is 70.3. The predicted octanol–water partition coefficient (Wildman–Crippen LogP) is 12.2. The molecule has 2 heterocycles. The topological polar surface area (TPSA) is 203 Å². The van der Waals surface area contributed by atoms with Gasteiger partial charge in [0.1, 0.15) is 70.3 Å². The van der Waals surface area contributed by atoms with Gasteiger partial charge in [0.25, 0.3) is 0 Å². The first-order valence-corrected chi connectivity index (χ1v) is 28.5. The van der Waals surface area contributed by atoms with E-state index in [9.17, 15) is 17.6 Å². The number of aliphatic imine (C=N–C) groups is 1. The molecular formula is C61H56Cl2F6N11NaO4S2. The zero-order valence-corrected chi connectivity index (χ0v) is 53.3. The summed E-state index contributed by atoms with van der Waals surface area (Å²) in [6.07, 6.45) is 7.04. The van der Waals surface area contributed by atoms with Crippen LogP contribution in [0.25, 0.3) is 21.8 Å². The molecule has 0 aliphatic rings. The molecular weight excluding hydrogens is 1220 g/mol. The summed E-state index contributed by atoms with van der Waals surface area (Å²) in [4.78, 5) is 15.0. The van der Waals surface area contributed by atoms with Crippen molar-refractivity contribution in [1.29, 1.82) is 10.5 Å². The smallest absolute Gasteiger partial charge is 0.495 e. The molecule has 0 saturated carbocycles. The number of halogens is 8. The number of ether oxygens (including phenoxy) is 4. The Morgan fingerprint density at radius 3 is 1.41 bits per heavy atom. The summed E-state index contributed by atoms with van der Waals surface area (Å²) >= 11 is 14.8. The van der Waals surface area contributed by atoms with E-state index < -0.39 is 39.9 Å². The van der Waals surface area contributed by atoms with E-state index in [1.165, 1.54) is 37.6 Å². The average Bonchev–Trinajstić information content (AvgIpc) is 4.21. The van der Waals surface area contributed by atoms with Gasteiger partial charge in [-0.15, -0.1) is 0 Å². The Kier molecular flexibility index (Phi) is 26.7. The van der Waals surface area contributed by atoms with Crippen molar-refractivity contribution < 1.29 is 74.8 Å². The molecule has 2 aromatic heterocycles. The third-order valence-electron chi connectivity index (χ3n) is 13.1. The standard InChI is InChI=1S/C31H29ClF3N5O2S.C28H27ClF3N3O2S.C2N3.Na/c1-31(2,19-6-11-24(32)27(13-19)41-3)28-16-38-30(40(28)21-9-7-20(33)8-10-21)43-17-23-25(34)14-22(15-26(23)35)42-12-4-5-29(37)39-18-36;1-28(2,17-4-9-22(29)25(12-17)36-3)26-15-34-27(35(26)19-7-5-18(30)6-8-19)38-16-21-23(31)13-20(14-24(21)32)37-11-10-33;1-4-5-2-3;/h6-11,13-16H,4-5,12,17H2,1-3H3,(H2,37,39);4-9,12-15H,10-11,16,33H2,1-3H3;;/q;;-1;+1. The first-order valence-electron chi connectivity index (χ1n) is 25.8. The van der Waals surface area contributed by atoms with Gasteiger partial charge in [-0.25, -0.2) is 47.8 Å². The molecule has 87 heavy (non-hydrogen) atoms. The van der Waals surface area contributed by atoms with Gasteiger partial charge in [0.15, 0.2) is 10.3 Å².